The Morgan fingerprint density at radius 2 is 2.00 bits per heavy atom. The Morgan fingerprint density at radius 3 is 2.88 bits per heavy atom. The molecule has 2 aromatic carbocycles. The molecule has 1 unspecified atom stereocenters. The second kappa shape index (κ2) is 6.65. The zero-order valence-corrected chi connectivity index (χ0v) is 13.7. The first kappa shape index (κ1) is 15.2. The Hall–Kier alpha value is -2.33. The first-order valence-corrected chi connectivity index (χ1v) is 8.65. The Kier molecular flexibility index (Phi) is 4.22. The summed E-state index contributed by atoms with van der Waals surface area (Å²) in [6.45, 7) is 3.31. The van der Waals surface area contributed by atoms with Gasteiger partial charge in [0.05, 0.1) is 12.1 Å². The molecule has 0 bridgehead atoms. The molecule has 4 heteroatoms. The van der Waals surface area contributed by atoms with Crippen LogP contribution in [0.25, 0.3) is 11.1 Å². The van der Waals surface area contributed by atoms with Gasteiger partial charge in [-0.2, -0.15) is 0 Å². The van der Waals surface area contributed by atoms with E-state index in [-0.39, 0.29) is 5.91 Å². The van der Waals surface area contributed by atoms with Crippen molar-refractivity contribution in [2.24, 2.45) is 5.92 Å². The van der Waals surface area contributed by atoms with Crippen LogP contribution < -0.4 is 15.4 Å². The third-order valence-corrected chi connectivity index (χ3v) is 4.82. The fourth-order valence-corrected chi connectivity index (χ4v) is 3.53. The number of hydrogen-bond acceptors (Lipinski definition) is 3. The fourth-order valence-electron chi connectivity index (χ4n) is 3.53. The van der Waals surface area contributed by atoms with E-state index in [1.165, 1.54) is 12.0 Å². The summed E-state index contributed by atoms with van der Waals surface area (Å²) in [5.74, 6) is 1.34. The van der Waals surface area contributed by atoms with Crippen LogP contribution in [0.2, 0.25) is 0 Å². The highest BCUT2D eigenvalue weighted by molar-refractivity contribution is 5.98. The van der Waals surface area contributed by atoms with Crippen molar-refractivity contribution in [3.05, 3.63) is 53.6 Å². The number of amides is 1. The summed E-state index contributed by atoms with van der Waals surface area (Å²) in [4.78, 5) is 12.2. The van der Waals surface area contributed by atoms with E-state index in [4.69, 9.17) is 4.74 Å². The molecule has 124 valence electrons. The second-order valence-corrected chi connectivity index (χ2v) is 6.58. The third kappa shape index (κ3) is 3.15. The molecule has 1 fully saturated rings. The lowest BCUT2D eigenvalue weighted by Crippen LogP contribution is -2.24. The summed E-state index contributed by atoms with van der Waals surface area (Å²) < 4.78 is 5.63. The normalized spacial score (nSPS) is 20.0. The van der Waals surface area contributed by atoms with Gasteiger partial charge in [0.15, 0.2) is 0 Å². The van der Waals surface area contributed by atoms with E-state index >= 15 is 0 Å². The zero-order chi connectivity index (χ0) is 16.4. The molecule has 2 aliphatic heterocycles. The van der Waals surface area contributed by atoms with Crippen molar-refractivity contribution in [2.45, 2.75) is 12.8 Å². The van der Waals surface area contributed by atoms with Crippen LogP contribution in [0.15, 0.2) is 42.5 Å². The van der Waals surface area contributed by atoms with Crippen molar-refractivity contribution < 1.29 is 9.53 Å². The summed E-state index contributed by atoms with van der Waals surface area (Å²) in [5, 5.41) is 6.29. The molecular formula is C20H22N2O2. The minimum absolute atomic E-state index is 0.0578. The maximum absolute atomic E-state index is 12.2. The molecular weight excluding hydrogens is 300 g/mol. The van der Waals surface area contributed by atoms with Crippen molar-refractivity contribution in [3.8, 4) is 16.9 Å². The lowest BCUT2D eigenvalue weighted by atomic mass is 9.95. The smallest absolute Gasteiger partial charge is 0.255 e. The summed E-state index contributed by atoms with van der Waals surface area (Å²) in [6, 6.07) is 14.5. The van der Waals surface area contributed by atoms with Gasteiger partial charge in [-0.15, -0.1) is 0 Å². The molecule has 1 saturated heterocycles. The van der Waals surface area contributed by atoms with Crippen molar-refractivity contribution in [3.63, 3.8) is 0 Å². The molecule has 24 heavy (non-hydrogen) atoms. The number of hydrogen-bond donors (Lipinski definition) is 2. The lowest BCUT2D eigenvalue weighted by Gasteiger charge is -2.11. The number of benzene rings is 2. The number of carbonyl (C=O) groups excluding carboxylic acids is 1. The van der Waals surface area contributed by atoms with Gasteiger partial charge < -0.3 is 15.4 Å². The number of fused-ring (bicyclic) bond motifs is 1. The molecule has 0 aromatic heterocycles. The summed E-state index contributed by atoms with van der Waals surface area (Å²) in [5.41, 5.74) is 4.19. The van der Waals surface area contributed by atoms with E-state index in [1.54, 1.807) is 0 Å². The third-order valence-electron chi connectivity index (χ3n) is 4.82. The maximum atomic E-state index is 12.2. The Morgan fingerprint density at radius 1 is 1.08 bits per heavy atom. The predicted molar refractivity (Wildman–Crippen MR) is 94.4 cm³/mol. The van der Waals surface area contributed by atoms with E-state index in [0.29, 0.717) is 24.5 Å². The lowest BCUT2D eigenvalue weighted by molar-refractivity contribution is 0.0957. The molecule has 4 nitrogen and oxygen atoms in total. The minimum atomic E-state index is -0.0578. The van der Waals surface area contributed by atoms with Gasteiger partial charge in [-0.3, -0.25) is 4.79 Å². The van der Waals surface area contributed by atoms with E-state index in [9.17, 15) is 4.79 Å². The Balaban J connectivity index is 1.62. The fraction of sp³-hybridized carbons (Fsp3) is 0.350. The number of ether oxygens (including phenoxy) is 1. The number of rotatable bonds is 3. The van der Waals surface area contributed by atoms with Crippen LogP contribution in [0.1, 0.15) is 22.3 Å². The van der Waals surface area contributed by atoms with Crippen molar-refractivity contribution in [1.82, 2.24) is 10.6 Å². The van der Waals surface area contributed by atoms with Gasteiger partial charge in [0.25, 0.3) is 5.91 Å². The molecule has 2 aromatic rings. The van der Waals surface area contributed by atoms with Gasteiger partial charge in [-0.25, -0.2) is 0 Å². The van der Waals surface area contributed by atoms with E-state index in [1.807, 2.05) is 18.2 Å². The van der Waals surface area contributed by atoms with Crippen LogP contribution in [0.4, 0.5) is 0 Å². The van der Waals surface area contributed by atoms with Crippen LogP contribution in [0.3, 0.4) is 0 Å². The standard InChI is InChI=1S/C20H22N2O2/c23-20-18-12-17(4-5-19(18)24-9-8-22-20)16-3-1-2-14(11-16)10-15-6-7-21-13-15/h1-5,11-12,15,21H,6-10,13H2,(H,22,23). The monoisotopic (exact) mass is 322 g/mol. The molecule has 4 rings (SSSR count). The van der Waals surface area contributed by atoms with Crippen molar-refractivity contribution in [1.29, 1.82) is 0 Å². The first-order chi connectivity index (χ1) is 11.8. The first-order valence-electron chi connectivity index (χ1n) is 8.65. The summed E-state index contributed by atoms with van der Waals surface area (Å²) in [7, 11) is 0. The van der Waals surface area contributed by atoms with Crippen LogP contribution in [0, 0.1) is 5.92 Å². The van der Waals surface area contributed by atoms with Crippen molar-refractivity contribution in [2.75, 3.05) is 26.2 Å². The Labute approximate surface area is 142 Å². The van der Waals surface area contributed by atoms with Crippen LogP contribution in [-0.2, 0) is 6.42 Å². The predicted octanol–water partition coefficient (Wildman–Crippen LogP) is 2.63. The highest BCUT2D eigenvalue weighted by Gasteiger charge is 2.18. The zero-order valence-electron chi connectivity index (χ0n) is 13.7. The minimum Gasteiger partial charge on any atom is -0.491 e. The van der Waals surface area contributed by atoms with Gasteiger partial charge in [-0.05, 0) is 60.7 Å². The SMILES string of the molecule is O=C1NCCOc2ccc(-c3cccc(CC4CCNC4)c3)cc21. The number of nitrogens with one attached hydrogen (secondary N) is 2. The summed E-state index contributed by atoms with van der Waals surface area (Å²) >= 11 is 0. The highest BCUT2D eigenvalue weighted by atomic mass is 16.5. The maximum Gasteiger partial charge on any atom is 0.255 e. The molecule has 2 aliphatic rings. The molecule has 0 aliphatic carbocycles. The van der Waals surface area contributed by atoms with E-state index in [2.05, 4.69) is 34.9 Å². The topological polar surface area (TPSA) is 50.4 Å². The van der Waals surface area contributed by atoms with Gasteiger partial charge in [-0.1, -0.05) is 30.3 Å². The quantitative estimate of drug-likeness (QED) is 0.913. The Bertz CT molecular complexity index is 751. The highest BCUT2D eigenvalue weighted by Crippen LogP contribution is 2.29. The van der Waals surface area contributed by atoms with E-state index in [0.717, 1.165) is 36.6 Å². The molecule has 0 radical (unpaired) electrons. The van der Waals surface area contributed by atoms with Crippen LogP contribution >= 0.6 is 0 Å². The molecule has 2 N–H and O–H groups in total. The molecule has 0 saturated carbocycles. The average molecular weight is 322 g/mol. The van der Waals surface area contributed by atoms with Crippen LogP contribution in [-0.4, -0.2) is 32.1 Å². The molecule has 1 atom stereocenters. The van der Waals surface area contributed by atoms with Gasteiger partial charge in [0, 0.05) is 0 Å². The second-order valence-electron chi connectivity index (χ2n) is 6.58. The van der Waals surface area contributed by atoms with Crippen LogP contribution in [0.5, 0.6) is 5.75 Å². The largest absolute Gasteiger partial charge is 0.491 e. The van der Waals surface area contributed by atoms with Gasteiger partial charge >= 0.3 is 0 Å². The molecule has 2 heterocycles. The molecule has 1 amide bonds. The van der Waals surface area contributed by atoms with E-state index < -0.39 is 0 Å². The van der Waals surface area contributed by atoms with Crippen molar-refractivity contribution >= 4 is 5.91 Å². The number of carbonyl (C=O) groups is 1. The van der Waals surface area contributed by atoms with Gasteiger partial charge in [0.1, 0.15) is 12.4 Å². The average Bonchev–Trinajstić information content (AvgIpc) is 3.04. The van der Waals surface area contributed by atoms with Gasteiger partial charge in [0.2, 0.25) is 0 Å². The molecule has 0 spiro atoms. The summed E-state index contributed by atoms with van der Waals surface area (Å²) in [6.07, 6.45) is 2.36.